The molecular formula is C47H95N. The first-order chi connectivity index (χ1) is 23.8. The first-order valence-electron chi connectivity index (χ1n) is 23.2. The second-order valence-electron chi connectivity index (χ2n) is 16.0. The maximum atomic E-state index is 4.03. The number of hydrogen-bond acceptors (Lipinski definition) is 1. The zero-order valence-electron chi connectivity index (χ0n) is 34.1. The Balaban J connectivity index is 3.33. The van der Waals surface area contributed by atoms with Crippen LogP contribution in [-0.2, 0) is 0 Å². The third-order valence-corrected chi connectivity index (χ3v) is 11.0. The summed E-state index contributed by atoms with van der Waals surface area (Å²) < 4.78 is 0. The average molecular weight is 674 g/mol. The molecule has 0 spiro atoms. The molecule has 0 aromatic carbocycles. The highest BCUT2D eigenvalue weighted by Gasteiger charge is 2.03. The van der Waals surface area contributed by atoms with Crippen LogP contribution in [0.1, 0.15) is 271 Å². The Bertz CT molecular complexity index is 511. The molecule has 0 amide bonds. The Hall–Kier alpha value is -0.300. The number of hydrogen-bond donors (Lipinski definition) is 0. The van der Waals surface area contributed by atoms with Crippen molar-refractivity contribution in [1.29, 1.82) is 0 Å². The molecule has 288 valence electrons. The third kappa shape index (κ3) is 41.9. The lowest BCUT2D eigenvalue weighted by Crippen LogP contribution is -2.26. The van der Waals surface area contributed by atoms with E-state index in [1.807, 2.05) is 0 Å². The lowest BCUT2D eigenvalue weighted by molar-refractivity contribution is 0.286. The van der Waals surface area contributed by atoms with Gasteiger partial charge in [0.05, 0.1) is 0 Å². The third-order valence-electron chi connectivity index (χ3n) is 11.0. The van der Waals surface area contributed by atoms with Gasteiger partial charge in [0.2, 0.25) is 0 Å². The Kier molecular flexibility index (Phi) is 44.4. The summed E-state index contributed by atoms with van der Waals surface area (Å²) in [6.07, 6.45) is 60.5. The van der Waals surface area contributed by atoms with Crippen molar-refractivity contribution in [2.24, 2.45) is 0 Å². The predicted molar refractivity (Wildman–Crippen MR) is 223 cm³/mol. The molecule has 0 aromatic rings. The van der Waals surface area contributed by atoms with E-state index in [1.54, 1.807) is 0 Å². The minimum atomic E-state index is 1.08. The predicted octanol–water partition coefficient (Wildman–Crippen LogP) is 17.1. The normalized spacial score (nSPS) is 11.6. The van der Waals surface area contributed by atoms with Gasteiger partial charge in [0.15, 0.2) is 0 Å². The fraction of sp³-hybridized carbons (Fsp3) is 0.957. The molecule has 1 nitrogen and oxygen atoms in total. The van der Waals surface area contributed by atoms with Crippen LogP contribution < -0.4 is 0 Å². The highest BCUT2D eigenvalue weighted by atomic mass is 15.1. The Morgan fingerprint density at radius 2 is 0.438 bits per heavy atom. The summed E-state index contributed by atoms with van der Waals surface area (Å²) in [4.78, 5) is 2.66. The number of rotatable bonds is 44. The van der Waals surface area contributed by atoms with Crippen LogP contribution in [0.3, 0.4) is 0 Å². The van der Waals surface area contributed by atoms with Gasteiger partial charge in [-0.05, 0) is 25.9 Å². The maximum absolute atomic E-state index is 4.03. The summed E-state index contributed by atoms with van der Waals surface area (Å²) in [5, 5.41) is 0. The van der Waals surface area contributed by atoms with Crippen LogP contribution in [0.25, 0.3) is 0 Å². The van der Waals surface area contributed by atoms with E-state index in [0.29, 0.717) is 0 Å². The molecule has 0 aliphatic heterocycles. The molecular weight excluding hydrogens is 579 g/mol. The Morgan fingerprint density at radius 1 is 0.271 bits per heavy atom. The molecule has 0 aliphatic carbocycles. The molecule has 48 heavy (non-hydrogen) atoms. The zero-order chi connectivity index (χ0) is 34.7. The molecule has 0 aromatic heterocycles. The van der Waals surface area contributed by atoms with Crippen LogP contribution in [0.2, 0.25) is 0 Å². The minimum absolute atomic E-state index is 1.08. The smallest absolute Gasteiger partial charge is 0.0160 e. The molecule has 0 aliphatic rings. The molecule has 1 heteroatoms. The van der Waals surface area contributed by atoms with Crippen LogP contribution in [0.15, 0.2) is 12.7 Å². The van der Waals surface area contributed by atoms with Crippen LogP contribution in [0, 0.1) is 0 Å². The molecule has 0 rings (SSSR count). The van der Waals surface area contributed by atoms with Crippen molar-refractivity contribution in [3.63, 3.8) is 0 Å². The SMILES string of the molecule is C=CCN(CCCCCCCCCCCCCCCCCCCCCC)CCCCCCCCCCCCCCCCCCCCCC. The van der Waals surface area contributed by atoms with Crippen LogP contribution in [0.5, 0.6) is 0 Å². The van der Waals surface area contributed by atoms with Crippen LogP contribution >= 0.6 is 0 Å². The Morgan fingerprint density at radius 3 is 0.604 bits per heavy atom. The van der Waals surface area contributed by atoms with E-state index in [4.69, 9.17) is 0 Å². The zero-order valence-corrected chi connectivity index (χ0v) is 34.1. The molecule has 0 unspecified atom stereocenters. The van der Waals surface area contributed by atoms with Crippen molar-refractivity contribution in [1.82, 2.24) is 4.90 Å². The van der Waals surface area contributed by atoms with Crippen molar-refractivity contribution in [2.75, 3.05) is 19.6 Å². The summed E-state index contributed by atoms with van der Waals surface area (Å²) in [5.41, 5.74) is 0. The van der Waals surface area contributed by atoms with E-state index >= 15 is 0 Å². The first kappa shape index (κ1) is 47.7. The van der Waals surface area contributed by atoms with Crippen molar-refractivity contribution < 1.29 is 0 Å². The van der Waals surface area contributed by atoms with Gasteiger partial charge >= 0.3 is 0 Å². The van der Waals surface area contributed by atoms with E-state index in [9.17, 15) is 0 Å². The monoisotopic (exact) mass is 674 g/mol. The summed E-state index contributed by atoms with van der Waals surface area (Å²) in [6.45, 7) is 12.3. The molecule has 0 saturated carbocycles. The van der Waals surface area contributed by atoms with E-state index in [1.165, 1.54) is 270 Å². The first-order valence-corrected chi connectivity index (χ1v) is 23.2. The standard InChI is InChI=1S/C47H95N/c1-4-7-9-11-13-15-17-19-21-23-25-27-29-31-33-35-37-39-41-43-46-48(45-6-3)47-44-42-40-38-36-34-32-30-28-26-24-22-20-18-16-14-12-10-8-5-2/h6H,3-5,7-47H2,1-2H3. The maximum Gasteiger partial charge on any atom is 0.0160 e. The van der Waals surface area contributed by atoms with Crippen molar-refractivity contribution in [2.45, 2.75) is 271 Å². The van der Waals surface area contributed by atoms with Gasteiger partial charge in [0, 0.05) is 6.54 Å². The van der Waals surface area contributed by atoms with Gasteiger partial charge in [0.25, 0.3) is 0 Å². The van der Waals surface area contributed by atoms with Gasteiger partial charge in [-0.25, -0.2) is 0 Å². The molecule has 0 N–H and O–H groups in total. The quantitative estimate of drug-likeness (QED) is 0.0459. The summed E-state index contributed by atoms with van der Waals surface area (Å²) >= 11 is 0. The van der Waals surface area contributed by atoms with Gasteiger partial charge in [-0.15, -0.1) is 6.58 Å². The van der Waals surface area contributed by atoms with Crippen molar-refractivity contribution in [3.8, 4) is 0 Å². The van der Waals surface area contributed by atoms with Crippen molar-refractivity contribution in [3.05, 3.63) is 12.7 Å². The lowest BCUT2D eigenvalue weighted by atomic mass is 10.0. The highest BCUT2D eigenvalue weighted by Crippen LogP contribution is 2.17. The second kappa shape index (κ2) is 44.7. The molecule has 0 heterocycles. The second-order valence-corrected chi connectivity index (χ2v) is 16.0. The van der Waals surface area contributed by atoms with Gasteiger partial charge in [-0.1, -0.05) is 264 Å². The summed E-state index contributed by atoms with van der Waals surface area (Å²) in [7, 11) is 0. The molecule has 0 bridgehead atoms. The van der Waals surface area contributed by atoms with Crippen LogP contribution in [-0.4, -0.2) is 24.5 Å². The molecule has 0 fully saturated rings. The Labute approximate surface area is 307 Å². The van der Waals surface area contributed by atoms with Gasteiger partial charge in [0.1, 0.15) is 0 Å². The fourth-order valence-corrected chi connectivity index (χ4v) is 7.66. The highest BCUT2D eigenvalue weighted by molar-refractivity contribution is 4.73. The van der Waals surface area contributed by atoms with E-state index in [2.05, 4.69) is 31.4 Å². The molecule has 0 radical (unpaired) electrons. The van der Waals surface area contributed by atoms with Gasteiger partial charge in [-0.2, -0.15) is 0 Å². The average Bonchev–Trinajstić information content (AvgIpc) is 3.09. The van der Waals surface area contributed by atoms with E-state index < -0.39 is 0 Å². The van der Waals surface area contributed by atoms with Gasteiger partial charge < -0.3 is 0 Å². The van der Waals surface area contributed by atoms with E-state index in [0.717, 1.165) is 6.54 Å². The van der Waals surface area contributed by atoms with Crippen LogP contribution in [0.4, 0.5) is 0 Å². The summed E-state index contributed by atoms with van der Waals surface area (Å²) in [5.74, 6) is 0. The largest absolute Gasteiger partial charge is 0.300 e. The molecule has 0 saturated heterocycles. The lowest BCUT2D eigenvalue weighted by Gasteiger charge is -2.20. The summed E-state index contributed by atoms with van der Waals surface area (Å²) in [6, 6.07) is 0. The molecule has 0 atom stereocenters. The number of nitrogens with zero attached hydrogens (tertiary/aromatic N) is 1. The van der Waals surface area contributed by atoms with Gasteiger partial charge in [-0.3, -0.25) is 4.90 Å². The number of unbranched alkanes of at least 4 members (excludes halogenated alkanes) is 38. The van der Waals surface area contributed by atoms with Crippen molar-refractivity contribution >= 4 is 0 Å². The fourth-order valence-electron chi connectivity index (χ4n) is 7.66. The minimum Gasteiger partial charge on any atom is -0.300 e. The topological polar surface area (TPSA) is 3.24 Å². The van der Waals surface area contributed by atoms with E-state index in [-0.39, 0.29) is 0 Å².